The van der Waals surface area contributed by atoms with Crippen molar-refractivity contribution in [1.29, 1.82) is 0 Å². The number of fused-ring (bicyclic) bond motifs is 1. The molecule has 0 aliphatic carbocycles. The van der Waals surface area contributed by atoms with Gasteiger partial charge in [-0.1, -0.05) is 63.3 Å². The summed E-state index contributed by atoms with van der Waals surface area (Å²) in [6, 6.07) is 12.1. The zero-order valence-electron chi connectivity index (χ0n) is 15.7. The second-order valence-corrected chi connectivity index (χ2v) is 6.63. The molecule has 0 heterocycles. The van der Waals surface area contributed by atoms with E-state index < -0.39 is 0 Å². The molecule has 25 heavy (non-hydrogen) atoms. The van der Waals surface area contributed by atoms with Crippen molar-refractivity contribution >= 4 is 16.7 Å². The second-order valence-electron chi connectivity index (χ2n) is 6.63. The van der Waals surface area contributed by atoms with Crippen molar-refractivity contribution in [3.63, 3.8) is 0 Å². The summed E-state index contributed by atoms with van der Waals surface area (Å²) in [4.78, 5) is 12.3. The maximum Gasteiger partial charge on any atom is 0.313 e. The molecular formula is C22H30O3. The van der Waals surface area contributed by atoms with E-state index in [1.165, 1.54) is 25.7 Å². The normalized spacial score (nSPS) is 12.1. The zero-order chi connectivity index (χ0) is 18.1. The molecule has 0 radical (unpaired) electrons. The summed E-state index contributed by atoms with van der Waals surface area (Å²) in [6.45, 7) is 4.65. The molecule has 0 fully saturated rings. The molecule has 0 aromatic heterocycles. The van der Waals surface area contributed by atoms with Gasteiger partial charge in [-0.2, -0.15) is 0 Å². The fourth-order valence-electron chi connectivity index (χ4n) is 2.95. The third-order valence-electron chi connectivity index (χ3n) is 4.67. The van der Waals surface area contributed by atoms with E-state index in [4.69, 9.17) is 9.47 Å². The number of carbonyl (C=O) groups excluding carboxylic acids is 1. The highest BCUT2D eigenvalue weighted by atomic mass is 16.5. The Balaban J connectivity index is 1.85. The van der Waals surface area contributed by atoms with Crippen molar-refractivity contribution in [3.05, 3.63) is 42.0 Å². The average Bonchev–Trinajstić information content (AvgIpc) is 2.65. The molecule has 0 bridgehead atoms. The van der Waals surface area contributed by atoms with Gasteiger partial charge in [0.15, 0.2) is 0 Å². The lowest BCUT2D eigenvalue weighted by Gasteiger charge is -2.13. The van der Waals surface area contributed by atoms with Crippen molar-refractivity contribution in [2.24, 2.45) is 0 Å². The molecule has 3 heteroatoms. The van der Waals surface area contributed by atoms with Crippen LogP contribution in [0.5, 0.6) is 5.75 Å². The lowest BCUT2D eigenvalue weighted by atomic mass is 9.98. The first kappa shape index (κ1) is 19.3. The van der Waals surface area contributed by atoms with Crippen LogP contribution in [0.3, 0.4) is 0 Å². The average molecular weight is 342 g/mol. The van der Waals surface area contributed by atoms with Gasteiger partial charge in [0.05, 0.1) is 19.6 Å². The number of methoxy groups -OCH3 is 1. The van der Waals surface area contributed by atoms with Crippen LogP contribution in [-0.4, -0.2) is 19.7 Å². The van der Waals surface area contributed by atoms with Crippen LogP contribution in [0, 0.1) is 0 Å². The lowest BCUT2D eigenvalue weighted by molar-refractivity contribution is -0.145. The van der Waals surface area contributed by atoms with Gasteiger partial charge in [0.25, 0.3) is 0 Å². The van der Waals surface area contributed by atoms with E-state index in [9.17, 15) is 4.79 Å². The van der Waals surface area contributed by atoms with E-state index in [-0.39, 0.29) is 11.9 Å². The summed E-state index contributed by atoms with van der Waals surface area (Å²) in [5.41, 5.74) is 0.991. The molecule has 2 aromatic rings. The molecule has 0 unspecified atom stereocenters. The van der Waals surface area contributed by atoms with Gasteiger partial charge in [-0.3, -0.25) is 4.79 Å². The van der Waals surface area contributed by atoms with Crippen LogP contribution in [0.4, 0.5) is 0 Å². The van der Waals surface area contributed by atoms with Crippen LogP contribution < -0.4 is 4.74 Å². The van der Waals surface area contributed by atoms with Crippen LogP contribution in [0.25, 0.3) is 10.8 Å². The minimum Gasteiger partial charge on any atom is -0.497 e. The van der Waals surface area contributed by atoms with Gasteiger partial charge in [-0.15, -0.1) is 0 Å². The summed E-state index contributed by atoms with van der Waals surface area (Å²) in [7, 11) is 1.66. The first-order chi connectivity index (χ1) is 12.2. The van der Waals surface area contributed by atoms with Crippen LogP contribution in [0.15, 0.2) is 36.4 Å². The van der Waals surface area contributed by atoms with Gasteiger partial charge >= 0.3 is 5.97 Å². The molecule has 136 valence electrons. The summed E-state index contributed by atoms with van der Waals surface area (Å²) in [5, 5.41) is 2.21. The Morgan fingerprint density at radius 2 is 1.64 bits per heavy atom. The van der Waals surface area contributed by atoms with E-state index >= 15 is 0 Å². The van der Waals surface area contributed by atoms with Crippen LogP contribution >= 0.6 is 0 Å². The maximum absolute atomic E-state index is 12.3. The molecule has 0 amide bonds. The summed E-state index contributed by atoms with van der Waals surface area (Å²) in [5.74, 6) is 0.458. The third-order valence-corrected chi connectivity index (χ3v) is 4.67. The van der Waals surface area contributed by atoms with E-state index in [0.717, 1.165) is 34.9 Å². The molecule has 0 spiro atoms. The number of unbranched alkanes of at least 4 members (excludes halogenated alkanes) is 5. The van der Waals surface area contributed by atoms with Crippen LogP contribution in [0.2, 0.25) is 0 Å². The van der Waals surface area contributed by atoms with Gasteiger partial charge in [-0.05, 0) is 41.8 Å². The number of carbonyl (C=O) groups is 1. The van der Waals surface area contributed by atoms with Crippen molar-refractivity contribution in [2.75, 3.05) is 13.7 Å². The second kappa shape index (κ2) is 10.1. The summed E-state index contributed by atoms with van der Waals surface area (Å²) < 4.78 is 10.7. The Morgan fingerprint density at radius 3 is 2.40 bits per heavy atom. The maximum atomic E-state index is 12.3. The van der Waals surface area contributed by atoms with E-state index in [1.807, 2.05) is 37.3 Å². The summed E-state index contributed by atoms with van der Waals surface area (Å²) >= 11 is 0. The van der Waals surface area contributed by atoms with Gasteiger partial charge in [-0.25, -0.2) is 0 Å². The Labute approximate surface area is 151 Å². The van der Waals surface area contributed by atoms with E-state index in [2.05, 4.69) is 13.0 Å². The number of benzene rings is 2. The number of rotatable bonds is 10. The highest BCUT2D eigenvalue weighted by Gasteiger charge is 2.17. The predicted molar refractivity (Wildman–Crippen MR) is 103 cm³/mol. The van der Waals surface area contributed by atoms with Gasteiger partial charge in [0.2, 0.25) is 0 Å². The van der Waals surface area contributed by atoms with Crippen molar-refractivity contribution in [2.45, 2.75) is 58.3 Å². The predicted octanol–water partition coefficient (Wildman–Crippen LogP) is 5.86. The topological polar surface area (TPSA) is 35.5 Å². The Morgan fingerprint density at radius 1 is 0.960 bits per heavy atom. The number of ether oxygens (including phenoxy) is 2. The highest BCUT2D eigenvalue weighted by Crippen LogP contribution is 2.25. The molecule has 0 saturated carbocycles. The van der Waals surface area contributed by atoms with Crippen LogP contribution in [0.1, 0.15) is 63.9 Å². The molecular weight excluding hydrogens is 312 g/mol. The Hall–Kier alpha value is -2.03. The third kappa shape index (κ3) is 5.77. The number of esters is 1. The molecule has 0 saturated heterocycles. The fourth-order valence-corrected chi connectivity index (χ4v) is 2.95. The fraction of sp³-hybridized carbons (Fsp3) is 0.500. The molecule has 0 aliphatic rings. The minimum absolute atomic E-state index is 0.138. The number of hydrogen-bond acceptors (Lipinski definition) is 3. The first-order valence-electron chi connectivity index (χ1n) is 9.40. The largest absolute Gasteiger partial charge is 0.497 e. The monoisotopic (exact) mass is 342 g/mol. The molecule has 2 aromatic carbocycles. The Bertz CT molecular complexity index is 678. The quantitative estimate of drug-likeness (QED) is 0.401. The molecule has 3 nitrogen and oxygen atoms in total. The molecule has 0 N–H and O–H groups in total. The SMILES string of the molecule is CCCCCCCCOC(=O)[C@H](C)c1ccc2cc(OC)ccc2c1. The molecule has 2 rings (SSSR count). The zero-order valence-corrected chi connectivity index (χ0v) is 15.7. The standard InChI is InChI=1S/C22H30O3/c1-4-5-6-7-8-9-14-25-22(23)17(2)18-10-11-20-16-21(24-3)13-12-19(20)15-18/h10-13,15-17H,4-9,14H2,1-3H3/t17-/m1/s1. The van der Waals surface area contributed by atoms with Gasteiger partial charge in [0.1, 0.15) is 5.75 Å². The van der Waals surface area contributed by atoms with Crippen molar-refractivity contribution in [3.8, 4) is 5.75 Å². The smallest absolute Gasteiger partial charge is 0.313 e. The Kier molecular flexibility index (Phi) is 7.77. The molecule has 0 aliphatic heterocycles. The van der Waals surface area contributed by atoms with Crippen molar-refractivity contribution < 1.29 is 14.3 Å². The number of hydrogen-bond donors (Lipinski definition) is 0. The molecule has 1 atom stereocenters. The van der Waals surface area contributed by atoms with Gasteiger partial charge < -0.3 is 9.47 Å². The lowest BCUT2D eigenvalue weighted by Crippen LogP contribution is -2.14. The minimum atomic E-state index is -0.244. The van der Waals surface area contributed by atoms with Crippen molar-refractivity contribution in [1.82, 2.24) is 0 Å². The van der Waals surface area contributed by atoms with E-state index in [1.54, 1.807) is 7.11 Å². The summed E-state index contributed by atoms with van der Waals surface area (Å²) in [6.07, 6.45) is 7.16. The van der Waals surface area contributed by atoms with Gasteiger partial charge in [0, 0.05) is 0 Å². The first-order valence-corrected chi connectivity index (χ1v) is 9.40. The van der Waals surface area contributed by atoms with Crippen LogP contribution in [-0.2, 0) is 9.53 Å². The highest BCUT2D eigenvalue weighted by molar-refractivity contribution is 5.86. The van der Waals surface area contributed by atoms with E-state index in [0.29, 0.717) is 6.61 Å².